The van der Waals surface area contributed by atoms with Crippen LogP contribution in [0.25, 0.3) is 0 Å². The number of halogens is 1. The maximum absolute atomic E-state index is 9.78. The molecular formula is C8H7ClN2O. The molecule has 0 unspecified atom stereocenters. The molecule has 62 valence electrons. The van der Waals surface area contributed by atoms with Gasteiger partial charge in [0.1, 0.15) is 0 Å². The van der Waals surface area contributed by atoms with Crippen LogP contribution in [0.1, 0.15) is 5.56 Å². The minimum Gasteiger partial charge on any atom is -0.398 e. The van der Waals surface area contributed by atoms with Crippen molar-refractivity contribution in [2.45, 2.75) is 6.54 Å². The van der Waals surface area contributed by atoms with Crippen LogP contribution in [0, 0.1) is 0 Å². The summed E-state index contributed by atoms with van der Waals surface area (Å²) in [6.45, 7) is 0.296. The molecule has 0 amide bonds. The SMILES string of the molecule is Nc1cc(CN=C=O)ccc1Cl. The van der Waals surface area contributed by atoms with Gasteiger partial charge in [0, 0.05) is 0 Å². The van der Waals surface area contributed by atoms with Crippen molar-refractivity contribution < 1.29 is 4.79 Å². The first-order valence-corrected chi connectivity index (χ1v) is 3.69. The molecule has 0 saturated carbocycles. The summed E-state index contributed by atoms with van der Waals surface area (Å²) in [6, 6.07) is 5.12. The molecule has 4 heteroatoms. The number of nitrogens with zero attached hydrogens (tertiary/aromatic N) is 1. The van der Waals surface area contributed by atoms with E-state index in [-0.39, 0.29) is 0 Å². The zero-order chi connectivity index (χ0) is 8.97. The van der Waals surface area contributed by atoms with Crippen LogP contribution in [0.5, 0.6) is 0 Å². The van der Waals surface area contributed by atoms with Gasteiger partial charge in [0.25, 0.3) is 0 Å². The van der Waals surface area contributed by atoms with E-state index < -0.39 is 0 Å². The highest BCUT2D eigenvalue weighted by Crippen LogP contribution is 2.19. The van der Waals surface area contributed by atoms with Gasteiger partial charge in [-0.05, 0) is 17.7 Å². The highest BCUT2D eigenvalue weighted by Gasteiger charge is 1.96. The van der Waals surface area contributed by atoms with Crippen LogP contribution >= 0.6 is 11.6 Å². The summed E-state index contributed by atoms with van der Waals surface area (Å²) in [7, 11) is 0. The van der Waals surface area contributed by atoms with Gasteiger partial charge >= 0.3 is 0 Å². The van der Waals surface area contributed by atoms with Crippen molar-refractivity contribution in [3.63, 3.8) is 0 Å². The molecule has 1 aromatic rings. The van der Waals surface area contributed by atoms with Crippen LogP contribution in [0.4, 0.5) is 5.69 Å². The number of hydrogen-bond acceptors (Lipinski definition) is 3. The Morgan fingerprint density at radius 1 is 1.58 bits per heavy atom. The number of hydrogen-bond donors (Lipinski definition) is 1. The molecule has 0 radical (unpaired) electrons. The molecule has 1 aromatic carbocycles. The maximum atomic E-state index is 9.78. The third kappa shape index (κ3) is 2.09. The van der Waals surface area contributed by atoms with E-state index in [0.29, 0.717) is 17.3 Å². The topological polar surface area (TPSA) is 55.4 Å². The Kier molecular flexibility index (Phi) is 2.86. The third-order valence-electron chi connectivity index (χ3n) is 1.39. The molecule has 1 rings (SSSR count). The first kappa shape index (κ1) is 8.78. The Morgan fingerprint density at radius 3 is 2.92 bits per heavy atom. The molecule has 0 saturated heterocycles. The number of nitrogens with two attached hydrogens (primary N) is 1. The molecule has 0 spiro atoms. The van der Waals surface area contributed by atoms with E-state index >= 15 is 0 Å². The summed E-state index contributed by atoms with van der Waals surface area (Å²) >= 11 is 5.68. The van der Waals surface area contributed by atoms with Crippen molar-refractivity contribution in [3.8, 4) is 0 Å². The first-order chi connectivity index (χ1) is 5.74. The number of rotatable bonds is 2. The number of aliphatic imine (C=N–C) groups is 1. The molecule has 12 heavy (non-hydrogen) atoms. The molecule has 0 bridgehead atoms. The molecule has 0 aliphatic heterocycles. The number of anilines is 1. The predicted octanol–water partition coefficient (Wildman–Crippen LogP) is 1.76. The minimum absolute atomic E-state index is 0.296. The Morgan fingerprint density at radius 2 is 2.33 bits per heavy atom. The van der Waals surface area contributed by atoms with E-state index in [2.05, 4.69) is 4.99 Å². The van der Waals surface area contributed by atoms with Gasteiger partial charge in [-0.3, -0.25) is 0 Å². The van der Waals surface area contributed by atoms with Gasteiger partial charge < -0.3 is 5.73 Å². The average Bonchev–Trinajstić information content (AvgIpc) is 2.07. The van der Waals surface area contributed by atoms with Crippen LogP contribution in [-0.4, -0.2) is 6.08 Å². The van der Waals surface area contributed by atoms with Gasteiger partial charge in [-0.2, -0.15) is 0 Å². The zero-order valence-electron chi connectivity index (χ0n) is 6.25. The molecule has 0 aliphatic carbocycles. The molecule has 0 aromatic heterocycles. The highest BCUT2D eigenvalue weighted by atomic mass is 35.5. The largest absolute Gasteiger partial charge is 0.398 e. The van der Waals surface area contributed by atoms with E-state index in [1.807, 2.05) is 0 Å². The fourth-order valence-corrected chi connectivity index (χ4v) is 0.933. The third-order valence-corrected chi connectivity index (χ3v) is 1.73. The molecular weight excluding hydrogens is 176 g/mol. The molecule has 3 nitrogen and oxygen atoms in total. The summed E-state index contributed by atoms with van der Waals surface area (Å²) in [5.41, 5.74) is 6.86. The summed E-state index contributed by atoms with van der Waals surface area (Å²) in [5, 5.41) is 0.508. The summed E-state index contributed by atoms with van der Waals surface area (Å²) in [4.78, 5) is 13.2. The van der Waals surface area contributed by atoms with Crippen molar-refractivity contribution in [2.75, 3.05) is 5.73 Å². The lowest BCUT2D eigenvalue weighted by atomic mass is 10.2. The molecule has 0 fully saturated rings. The van der Waals surface area contributed by atoms with Crippen molar-refractivity contribution in [2.24, 2.45) is 4.99 Å². The Hall–Kier alpha value is -1.31. The lowest BCUT2D eigenvalue weighted by Gasteiger charge is -1.99. The van der Waals surface area contributed by atoms with Crippen molar-refractivity contribution in [1.29, 1.82) is 0 Å². The van der Waals surface area contributed by atoms with Gasteiger partial charge in [-0.1, -0.05) is 17.7 Å². The van der Waals surface area contributed by atoms with E-state index in [1.165, 1.54) is 6.08 Å². The second-order valence-electron chi connectivity index (χ2n) is 2.26. The predicted molar refractivity (Wildman–Crippen MR) is 47.7 cm³/mol. The summed E-state index contributed by atoms with van der Waals surface area (Å²) in [5.74, 6) is 0. The van der Waals surface area contributed by atoms with Crippen molar-refractivity contribution in [3.05, 3.63) is 28.8 Å². The summed E-state index contributed by atoms with van der Waals surface area (Å²) in [6.07, 6.45) is 1.45. The molecule has 0 atom stereocenters. The van der Waals surface area contributed by atoms with Crippen LogP contribution < -0.4 is 5.73 Å². The second-order valence-corrected chi connectivity index (χ2v) is 2.67. The van der Waals surface area contributed by atoms with Crippen LogP contribution in [0.15, 0.2) is 23.2 Å². The van der Waals surface area contributed by atoms with Gasteiger partial charge in [-0.15, -0.1) is 0 Å². The Balaban J connectivity index is 2.89. The highest BCUT2D eigenvalue weighted by molar-refractivity contribution is 6.33. The average molecular weight is 183 g/mol. The Labute approximate surface area is 74.9 Å². The van der Waals surface area contributed by atoms with Gasteiger partial charge in [-0.25, -0.2) is 9.79 Å². The first-order valence-electron chi connectivity index (χ1n) is 3.31. The number of benzene rings is 1. The van der Waals surface area contributed by atoms with Gasteiger partial charge in [0.2, 0.25) is 6.08 Å². The van der Waals surface area contributed by atoms with Crippen LogP contribution in [0.2, 0.25) is 5.02 Å². The minimum atomic E-state index is 0.296. The lowest BCUT2D eigenvalue weighted by Crippen LogP contribution is -1.88. The van der Waals surface area contributed by atoms with Crippen LogP contribution in [0.3, 0.4) is 0 Å². The van der Waals surface area contributed by atoms with E-state index in [9.17, 15) is 4.79 Å². The fourth-order valence-electron chi connectivity index (χ4n) is 0.815. The van der Waals surface area contributed by atoms with E-state index in [0.717, 1.165) is 5.56 Å². The van der Waals surface area contributed by atoms with E-state index in [4.69, 9.17) is 17.3 Å². The zero-order valence-corrected chi connectivity index (χ0v) is 7.01. The number of nitrogen functional groups attached to an aromatic ring is 1. The summed E-state index contributed by atoms with van der Waals surface area (Å²) < 4.78 is 0. The van der Waals surface area contributed by atoms with Gasteiger partial charge in [0.05, 0.1) is 17.3 Å². The Bertz CT molecular complexity index is 332. The lowest BCUT2D eigenvalue weighted by molar-refractivity contribution is 0.563. The van der Waals surface area contributed by atoms with E-state index in [1.54, 1.807) is 18.2 Å². The van der Waals surface area contributed by atoms with Crippen molar-refractivity contribution in [1.82, 2.24) is 0 Å². The normalized spacial score (nSPS) is 9.08. The monoisotopic (exact) mass is 182 g/mol. The number of isocyanates is 1. The molecule has 0 aliphatic rings. The van der Waals surface area contributed by atoms with Crippen LogP contribution in [-0.2, 0) is 11.3 Å². The molecule has 0 heterocycles. The smallest absolute Gasteiger partial charge is 0.235 e. The van der Waals surface area contributed by atoms with Crippen molar-refractivity contribution >= 4 is 23.4 Å². The molecule has 2 N–H and O–H groups in total. The fraction of sp³-hybridized carbons (Fsp3) is 0.125. The quantitative estimate of drug-likeness (QED) is 0.431. The standard InChI is InChI=1S/C8H7ClN2O/c9-7-2-1-6(3-8(7)10)4-11-5-12/h1-3H,4,10H2. The maximum Gasteiger partial charge on any atom is 0.235 e. The number of carbonyl (C=O) groups excluding carboxylic acids is 1. The van der Waals surface area contributed by atoms with Gasteiger partial charge in [0.15, 0.2) is 0 Å². The second kappa shape index (κ2) is 3.90.